The molecule has 1 aliphatic rings. The van der Waals surface area contributed by atoms with Crippen LogP contribution < -0.4 is 10.1 Å². The first kappa shape index (κ1) is 25.0. The normalized spacial score (nSPS) is 15.5. The van der Waals surface area contributed by atoms with Gasteiger partial charge in [-0.25, -0.2) is 4.99 Å². The highest BCUT2D eigenvalue weighted by Gasteiger charge is 2.28. The smallest absolute Gasteiger partial charge is 0.230 e. The molecule has 3 rings (SSSR count). The Labute approximate surface area is 202 Å². The van der Waals surface area contributed by atoms with Crippen LogP contribution in [-0.4, -0.2) is 40.7 Å². The van der Waals surface area contributed by atoms with Gasteiger partial charge in [0.05, 0.1) is 18.1 Å². The van der Waals surface area contributed by atoms with E-state index in [9.17, 15) is 4.79 Å². The minimum atomic E-state index is -0.520. The van der Waals surface area contributed by atoms with Gasteiger partial charge in [0.25, 0.3) is 0 Å². The molecule has 5 nitrogen and oxygen atoms in total. The Morgan fingerprint density at radius 2 is 1.82 bits per heavy atom. The van der Waals surface area contributed by atoms with Crippen LogP contribution in [-0.2, 0) is 11.2 Å². The molecule has 176 valence electrons. The molecule has 0 unspecified atom stereocenters. The van der Waals surface area contributed by atoms with Gasteiger partial charge in [-0.2, -0.15) is 0 Å². The Morgan fingerprint density at radius 3 is 2.52 bits per heavy atom. The molecule has 1 atom stereocenters. The van der Waals surface area contributed by atoms with Crippen LogP contribution in [0.15, 0.2) is 64.6 Å². The molecule has 1 heterocycles. The SMILES string of the molecule is CCCCOc1ccc(C2=NC(C)(C)N=C2SCC(=O)N[C@H](C)CCc2ccccc2)cc1. The van der Waals surface area contributed by atoms with E-state index in [1.165, 1.54) is 17.3 Å². The van der Waals surface area contributed by atoms with E-state index in [2.05, 4.69) is 31.3 Å². The lowest BCUT2D eigenvalue weighted by Crippen LogP contribution is -2.34. The number of hydrogen-bond acceptors (Lipinski definition) is 5. The van der Waals surface area contributed by atoms with Gasteiger partial charge in [-0.1, -0.05) is 55.4 Å². The van der Waals surface area contributed by atoms with Crippen LogP contribution >= 0.6 is 11.8 Å². The van der Waals surface area contributed by atoms with Gasteiger partial charge in [-0.15, -0.1) is 0 Å². The van der Waals surface area contributed by atoms with Crippen LogP contribution in [0.1, 0.15) is 58.1 Å². The number of thioether (sulfide) groups is 1. The van der Waals surface area contributed by atoms with Gasteiger partial charge in [0.1, 0.15) is 16.5 Å². The highest BCUT2D eigenvalue weighted by molar-refractivity contribution is 8.16. The molecule has 1 amide bonds. The Hall–Kier alpha value is -2.60. The third-order valence-corrected chi connectivity index (χ3v) is 6.28. The van der Waals surface area contributed by atoms with E-state index >= 15 is 0 Å². The minimum absolute atomic E-state index is 0.0204. The number of benzene rings is 2. The summed E-state index contributed by atoms with van der Waals surface area (Å²) in [6.07, 6.45) is 4.02. The quantitative estimate of drug-likeness (QED) is 0.435. The minimum Gasteiger partial charge on any atom is -0.494 e. The maximum absolute atomic E-state index is 12.6. The van der Waals surface area contributed by atoms with Gasteiger partial charge >= 0.3 is 0 Å². The number of aliphatic imine (C=N–C) groups is 2. The molecule has 0 bridgehead atoms. The van der Waals surface area contributed by atoms with Gasteiger partial charge in [-0.05, 0) is 69.9 Å². The van der Waals surface area contributed by atoms with Crippen molar-refractivity contribution in [3.63, 3.8) is 0 Å². The molecule has 0 aromatic heterocycles. The molecule has 0 radical (unpaired) electrons. The Balaban J connectivity index is 1.52. The van der Waals surface area contributed by atoms with Crippen LogP contribution in [0.2, 0.25) is 0 Å². The van der Waals surface area contributed by atoms with Crippen molar-refractivity contribution < 1.29 is 9.53 Å². The van der Waals surface area contributed by atoms with Crippen molar-refractivity contribution in [1.29, 1.82) is 0 Å². The van der Waals surface area contributed by atoms with E-state index in [4.69, 9.17) is 14.7 Å². The second kappa shape index (κ2) is 12.0. The lowest BCUT2D eigenvalue weighted by molar-refractivity contribution is -0.119. The number of rotatable bonds is 11. The first-order valence-corrected chi connectivity index (χ1v) is 12.7. The maximum atomic E-state index is 12.6. The maximum Gasteiger partial charge on any atom is 0.230 e. The summed E-state index contributed by atoms with van der Waals surface area (Å²) in [5, 5.41) is 3.92. The molecule has 2 aromatic rings. The summed E-state index contributed by atoms with van der Waals surface area (Å²) < 4.78 is 5.77. The summed E-state index contributed by atoms with van der Waals surface area (Å²) in [7, 11) is 0. The van der Waals surface area contributed by atoms with Crippen molar-refractivity contribution in [3.8, 4) is 5.75 Å². The summed E-state index contributed by atoms with van der Waals surface area (Å²) >= 11 is 1.45. The highest BCUT2D eigenvalue weighted by atomic mass is 32.2. The third-order valence-electron chi connectivity index (χ3n) is 5.31. The number of aryl methyl sites for hydroxylation is 1. The van der Waals surface area contributed by atoms with Crippen LogP contribution in [0.5, 0.6) is 5.75 Å². The summed E-state index contributed by atoms with van der Waals surface area (Å²) in [5.74, 6) is 1.20. The van der Waals surface area contributed by atoms with E-state index in [-0.39, 0.29) is 11.9 Å². The summed E-state index contributed by atoms with van der Waals surface area (Å²) in [6.45, 7) is 8.89. The van der Waals surface area contributed by atoms with E-state index in [0.29, 0.717) is 5.75 Å². The fraction of sp³-hybridized carbons (Fsp3) is 0.444. The van der Waals surface area contributed by atoms with Crippen LogP contribution in [0.4, 0.5) is 0 Å². The first-order chi connectivity index (χ1) is 15.9. The molecular formula is C27H35N3O2S. The van der Waals surface area contributed by atoms with Crippen molar-refractivity contribution in [2.45, 2.75) is 65.1 Å². The van der Waals surface area contributed by atoms with E-state index in [0.717, 1.165) is 54.4 Å². The van der Waals surface area contributed by atoms with Crippen molar-refractivity contribution in [3.05, 3.63) is 65.7 Å². The van der Waals surface area contributed by atoms with Crippen LogP contribution in [0.25, 0.3) is 0 Å². The molecule has 1 aliphatic heterocycles. The topological polar surface area (TPSA) is 63.1 Å². The number of amides is 1. The summed E-state index contributed by atoms with van der Waals surface area (Å²) in [4.78, 5) is 22.1. The van der Waals surface area contributed by atoms with Gasteiger partial charge in [-0.3, -0.25) is 9.79 Å². The molecule has 0 saturated carbocycles. The summed E-state index contributed by atoms with van der Waals surface area (Å²) in [6, 6.07) is 18.5. The van der Waals surface area contributed by atoms with E-state index < -0.39 is 5.66 Å². The number of ether oxygens (including phenoxy) is 1. The number of carbonyl (C=O) groups is 1. The van der Waals surface area contributed by atoms with Crippen molar-refractivity contribution in [1.82, 2.24) is 5.32 Å². The van der Waals surface area contributed by atoms with E-state index in [1.54, 1.807) is 0 Å². The lowest BCUT2D eigenvalue weighted by atomic mass is 10.1. The standard InChI is InChI=1S/C27H35N3O2S/c1-5-6-18-32-23-16-14-22(15-17-23)25-26(30-27(3,4)29-25)33-19-24(31)28-20(2)12-13-21-10-8-7-9-11-21/h7-11,14-17,20H,5-6,12-13,18-19H2,1-4H3,(H,28,31)/t20-/m1/s1. The average Bonchev–Trinajstić information content (AvgIpc) is 3.12. The molecule has 33 heavy (non-hydrogen) atoms. The number of unbranched alkanes of at least 4 members (excludes halogenated alkanes) is 1. The molecule has 0 fully saturated rings. The number of hydrogen-bond donors (Lipinski definition) is 1. The largest absolute Gasteiger partial charge is 0.494 e. The Morgan fingerprint density at radius 1 is 1.09 bits per heavy atom. The summed E-state index contributed by atoms with van der Waals surface area (Å²) in [5.41, 5.74) is 2.60. The second-order valence-corrected chi connectivity index (χ2v) is 9.84. The van der Waals surface area contributed by atoms with Gasteiger partial charge in [0, 0.05) is 11.6 Å². The highest BCUT2D eigenvalue weighted by Crippen LogP contribution is 2.27. The van der Waals surface area contributed by atoms with Gasteiger partial charge in [0.2, 0.25) is 5.91 Å². The monoisotopic (exact) mass is 465 g/mol. The molecule has 2 aromatic carbocycles. The van der Waals surface area contributed by atoms with Gasteiger partial charge < -0.3 is 10.1 Å². The van der Waals surface area contributed by atoms with E-state index in [1.807, 2.05) is 56.3 Å². The number of nitrogens with zero attached hydrogens (tertiary/aromatic N) is 2. The Kier molecular flexibility index (Phi) is 9.12. The zero-order valence-electron chi connectivity index (χ0n) is 20.1. The fourth-order valence-corrected chi connectivity index (χ4v) is 4.47. The zero-order valence-corrected chi connectivity index (χ0v) is 21.0. The number of nitrogens with one attached hydrogen (secondary N) is 1. The molecule has 0 spiro atoms. The fourth-order valence-electron chi connectivity index (χ4n) is 3.53. The molecular weight excluding hydrogens is 430 g/mol. The van der Waals surface area contributed by atoms with Crippen molar-refractivity contribution in [2.75, 3.05) is 12.4 Å². The predicted octanol–water partition coefficient (Wildman–Crippen LogP) is 5.67. The first-order valence-electron chi connectivity index (χ1n) is 11.8. The molecule has 1 N–H and O–H groups in total. The third kappa shape index (κ3) is 8.04. The lowest BCUT2D eigenvalue weighted by Gasteiger charge is -2.14. The number of carbonyl (C=O) groups excluding carboxylic acids is 1. The van der Waals surface area contributed by atoms with Crippen LogP contribution in [0.3, 0.4) is 0 Å². The van der Waals surface area contributed by atoms with Gasteiger partial charge in [0.15, 0.2) is 0 Å². The second-order valence-electron chi connectivity index (χ2n) is 8.88. The van der Waals surface area contributed by atoms with Crippen molar-refractivity contribution >= 4 is 28.4 Å². The van der Waals surface area contributed by atoms with Crippen LogP contribution in [0, 0.1) is 0 Å². The Bertz CT molecular complexity index is 969. The predicted molar refractivity (Wildman–Crippen MR) is 140 cm³/mol. The average molecular weight is 466 g/mol. The zero-order chi connectivity index (χ0) is 23.7. The molecule has 0 aliphatic carbocycles. The molecule has 0 saturated heterocycles. The molecule has 6 heteroatoms. The van der Waals surface area contributed by atoms with Crippen molar-refractivity contribution in [2.24, 2.45) is 9.98 Å².